The Morgan fingerprint density at radius 1 is 1.41 bits per heavy atom. The van der Waals surface area contributed by atoms with Crippen LogP contribution in [0.4, 0.5) is 0 Å². The van der Waals surface area contributed by atoms with Gasteiger partial charge in [-0.3, -0.25) is 4.98 Å². The molecular weight excluding hydrogens is 234 g/mol. The van der Waals surface area contributed by atoms with Crippen molar-refractivity contribution in [2.24, 2.45) is 5.73 Å². The highest BCUT2D eigenvalue weighted by Crippen LogP contribution is 2.22. The van der Waals surface area contributed by atoms with Crippen LogP contribution in [-0.4, -0.2) is 15.1 Å². The number of phenols is 1. The smallest absolute Gasteiger partial charge is 0.116 e. The van der Waals surface area contributed by atoms with Crippen molar-refractivity contribution in [3.8, 4) is 5.75 Å². The summed E-state index contributed by atoms with van der Waals surface area (Å²) in [5, 5.41) is 12.1. The number of nitrogens with two attached hydrogens (primary N) is 1. The zero-order chi connectivity index (χ0) is 12.1. The molecule has 17 heavy (non-hydrogen) atoms. The summed E-state index contributed by atoms with van der Waals surface area (Å²) in [6.45, 7) is 0.490. The molecule has 2 heterocycles. The number of hydrogen-bond acceptors (Lipinski definition) is 4. The monoisotopic (exact) mass is 247 g/mol. The molecule has 4 N–H and O–H groups in total. The molecule has 3 aromatic rings. The van der Waals surface area contributed by atoms with Crippen molar-refractivity contribution >= 4 is 22.2 Å². The quantitative estimate of drug-likeness (QED) is 0.618. The van der Waals surface area contributed by atoms with Gasteiger partial charge >= 0.3 is 0 Å². The SMILES string of the molecule is NCc1c[nH]c2ccc(O)cc12.c1cscn1. The first-order chi connectivity index (χ1) is 8.31. The number of rotatable bonds is 1. The molecule has 0 atom stereocenters. The number of phenolic OH excluding ortho intramolecular Hbond substituents is 1. The number of aromatic nitrogens is 2. The maximum Gasteiger partial charge on any atom is 0.116 e. The van der Waals surface area contributed by atoms with Crippen LogP contribution in [0.15, 0.2) is 41.5 Å². The van der Waals surface area contributed by atoms with E-state index in [1.807, 2.05) is 17.6 Å². The molecule has 0 aliphatic heterocycles. The van der Waals surface area contributed by atoms with E-state index in [-0.39, 0.29) is 5.75 Å². The Morgan fingerprint density at radius 2 is 2.29 bits per heavy atom. The van der Waals surface area contributed by atoms with Crippen molar-refractivity contribution in [2.75, 3.05) is 0 Å². The van der Waals surface area contributed by atoms with E-state index in [9.17, 15) is 5.11 Å². The van der Waals surface area contributed by atoms with Crippen molar-refractivity contribution in [2.45, 2.75) is 6.54 Å². The van der Waals surface area contributed by atoms with Crippen molar-refractivity contribution in [1.29, 1.82) is 0 Å². The first kappa shape index (κ1) is 11.6. The summed E-state index contributed by atoms with van der Waals surface area (Å²) in [5.74, 6) is 0.275. The highest BCUT2D eigenvalue weighted by atomic mass is 32.1. The van der Waals surface area contributed by atoms with Gasteiger partial charge in [0.2, 0.25) is 0 Å². The van der Waals surface area contributed by atoms with E-state index in [2.05, 4.69) is 9.97 Å². The van der Waals surface area contributed by atoms with E-state index in [4.69, 9.17) is 5.73 Å². The highest BCUT2D eigenvalue weighted by molar-refractivity contribution is 7.07. The van der Waals surface area contributed by atoms with Crippen molar-refractivity contribution in [3.05, 3.63) is 47.0 Å². The molecule has 0 radical (unpaired) electrons. The fourth-order valence-electron chi connectivity index (χ4n) is 1.51. The Labute approximate surface area is 103 Å². The van der Waals surface area contributed by atoms with Crippen molar-refractivity contribution in [1.82, 2.24) is 9.97 Å². The molecule has 0 saturated heterocycles. The standard InChI is InChI=1S/C9H10N2O.C3H3NS/c10-4-6-5-11-9-2-1-7(12)3-8(6)9;1-2-5-3-4-1/h1-3,5,11-12H,4,10H2;1-3H. The zero-order valence-corrected chi connectivity index (χ0v) is 9.95. The maximum absolute atomic E-state index is 9.21. The Kier molecular flexibility index (Phi) is 3.74. The van der Waals surface area contributed by atoms with E-state index in [0.29, 0.717) is 6.54 Å². The third-order valence-corrected chi connectivity index (χ3v) is 2.84. The minimum atomic E-state index is 0.275. The van der Waals surface area contributed by atoms with Crippen LogP contribution in [0, 0.1) is 0 Å². The lowest BCUT2D eigenvalue weighted by atomic mass is 10.2. The first-order valence-corrected chi connectivity index (χ1v) is 6.06. The van der Waals surface area contributed by atoms with Gasteiger partial charge in [-0.05, 0) is 23.8 Å². The molecule has 0 bridgehead atoms. The van der Waals surface area contributed by atoms with E-state index in [1.54, 1.807) is 35.2 Å². The van der Waals surface area contributed by atoms with E-state index >= 15 is 0 Å². The van der Waals surface area contributed by atoms with Crippen LogP contribution in [0.5, 0.6) is 5.75 Å². The summed E-state index contributed by atoms with van der Waals surface area (Å²) in [7, 11) is 0. The Balaban J connectivity index is 0.000000181. The molecule has 4 nitrogen and oxygen atoms in total. The first-order valence-electron chi connectivity index (χ1n) is 5.12. The third-order valence-electron chi connectivity index (χ3n) is 2.32. The number of hydrogen-bond donors (Lipinski definition) is 3. The van der Waals surface area contributed by atoms with Crippen LogP contribution in [0.3, 0.4) is 0 Å². The lowest BCUT2D eigenvalue weighted by Gasteiger charge is -1.94. The number of aromatic amines is 1. The lowest BCUT2D eigenvalue weighted by Crippen LogP contribution is -1.93. The van der Waals surface area contributed by atoms with E-state index in [0.717, 1.165) is 16.5 Å². The molecule has 0 aliphatic rings. The predicted molar refractivity (Wildman–Crippen MR) is 70.0 cm³/mol. The molecule has 3 rings (SSSR count). The van der Waals surface area contributed by atoms with Gasteiger partial charge in [-0.1, -0.05) is 0 Å². The molecule has 1 aromatic carbocycles. The van der Waals surface area contributed by atoms with Crippen LogP contribution in [0.1, 0.15) is 5.56 Å². The number of fused-ring (bicyclic) bond motifs is 1. The highest BCUT2D eigenvalue weighted by Gasteiger charge is 2.01. The molecule has 0 spiro atoms. The molecule has 0 fully saturated rings. The van der Waals surface area contributed by atoms with E-state index in [1.165, 1.54) is 0 Å². The van der Waals surface area contributed by atoms with Gasteiger partial charge in [0.05, 0.1) is 5.51 Å². The fourth-order valence-corrected chi connectivity index (χ4v) is 1.86. The molecular formula is C12H13N3OS. The second-order valence-corrected chi connectivity index (χ2v) is 4.18. The van der Waals surface area contributed by atoms with Gasteiger partial charge in [-0.15, -0.1) is 11.3 Å². The van der Waals surface area contributed by atoms with Gasteiger partial charge in [0.15, 0.2) is 0 Å². The lowest BCUT2D eigenvalue weighted by molar-refractivity contribution is 0.476. The summed E-state index contributed by atoms with van der Waals surface area (Å²) in [6.07, 6.45) is 3.63. The summed E-state index contributed by atoms with van der Waals surface area (Å²) in [4.78, 5) is 6.82. The van der Waals surface area contributed by atoms with Crippen LogP contribution < -0.4 is 5.73 Å². The predicted octanol–water partition coefficient (Wildman–Crippen LogP) is 2.48. The number of nitrogens with one attached hydrogen (secondary N) is 1. The molecule has 0 amide bonds. The Hall–Kier alpha value is -1.85. The summed E-state index contributed by atoms with van der Waals surface area (Å²) < 4.78 is 0. The maximum atomic E-state index is 9.21. The summed E-state index contributed by atoms with van der Waals surface area (Å²) >= 11 is 1.60. The second kappa shape index (κ2) is 5.47. The normalized spacial score (nSPS) is 9.94. The molecule has 0 unspecified atom stereocenters. The van der Waals surface area contributed by atoms with Crippen LogP contribution in [0.25, 0.3) is 10.9 Å². The van der Waals surface area contributed by atoms with Gasteiger partial charge in [0.1, 0.15) is 5.75 Å². The van der Waals surface area contributed by atoms with Gasteiger partial charge in [0, 0.05) is 35.2 Å². The minimum absolute atomic E-state index is 0.275. The minimum Gasteiger partial charge on any atom is -0.508 e. The number of H-pyrrole nitrogens is 1. The van der Waals surface area contributed by atoms with Crippen molar-refractivity contribution in [3.63, 3.8) is 0 Å². The summed E-state index contributed by atoms with van der Waals surface area (Å²) in [6, 6.07) is 5.21. The molecule has 88 valence electrons. The molecule has 2 aromatic heterocycles. The van der Waals surface area contributed by atoms with Gasteiger partial charge in [0.25, 0.3) is 0 Å². The van der Waals surface area contributed by atoms with Crippen LogP contribution in [0.2, 0.25) is 0 Å². The average molecular weight is 247 g/mol. The topological polar surface area (TPSA) is 74.9 Å². The van der Waals surface area contributed by atoms with Crippen molar-refractivity contribution < 1.29 is 5.11 Å². The van der Waals surface area contributed by atoms with Gasteiger partial charge in [-0.2, -0.15) is 0 Å². The van der Waals surface area contributed by atoms with Gasteiger partial charge in [-0.25, -0.2) is 0 Å². The molecule has 0 saturated carbocycles. The number of aromatic hydroxyl groups is 1. The molecule has 5 heteroatoms. The van der Waals surface area contributed by atoms with Crippen LogP contribution in [-0.2, 0) is 6.54 Å². The van der Waals surface area contributed by atoms with Crippen LogP contribution >= 0.6 is 11.3 Å². The summed E-state index contributed by atoms with van der Waals surface area (Å²) in [5.41, 5.74) is 9.34. The second-order valence-electron chi connectivity index (χ2n) is 3.42. The number of nitrogens with zero attached hydrogens (tertiary/aromatic N) is 1. The molecule has 0 aliphatic carbocycles. The largest absolute Gasteiger partial charge is 0.508 e. The van der Waals surface area contributed by atoms with Gasteiger partial charge < -0.3 is 15.8 Å². The van der Waals surface area contributed by atoms with E-state index < -0.39 is 0 Å². The Morgan fingerprint density at radius 3 is 2.88 bits per heavy atom. The average Bonchev–Trinajstić information content (AvgIpc) is 3.01. The zero-order valence-electron chi connectivity index (χ0n) is 9.13. The number of thiazole rings is 1. The Bertz CT molecular complexity index is 557. The number of benzene rings is 1. The fraction of sp³-hybridized carbons (Fsp3) is 0.0833. The third kappa shape index (κ3) is 2.83.